The largest absolute Gasteiger partial charge is 0.391 e. The first-order chi connectivity index (χ1) is 9.43. The van der Waals surface area contributed by atoms with Gasteiger partial charge in [0.25, 0.3) is 0 Å². The van der Waals surface area contributed by atoms with Gasteiger partial charge in [0.1, 0.15) is 6.04 Å². The highest BCUT2D eigenvalue weighted by atomic mass is 19.4. The molecule has 1 saturated heterocycles. The van der Waals surface area contributed by atoms with Crippen molar-refractivity contribution in [2.75, 3.05) is 26.7 Å². The molecule has 1 heterocycles. The third kappa shape index (κ3) is 3.44. The Morgan fingerprint density at radius 3 is 2.75 bits per heavy atom. The van der Waals surface area contributed by atoms with Crippen LogP contribution in [0.1, 0.15) is 25.7 Å². The van der Waals surface area contributed by atoms with Crippen LogP contribution in [0.25, 0.3) is 0 Å². The maximum atomic E-state index is 12.9. The van der Waals surface area contributed by atoms with Gasteiger partial charge in [-0.05, 0) is 19.3 Å². The summed E-state index contributed by atoms with van der Waals surface area (Å²) in [6.45, 7) is 1.86. The van der Waals surface area contributed by atoms with E-state index in [-0.39, 0.29) is 30.8 Å². The normalized spacial score (nSPS) is 32.9. The Kier molecular flexibility index (Phi) is 4.90. The zero-order valence-corrected chi connectivity index (χ0v) is 11.7. The molecule has 4 nitrogen and oxygen atoms in total. The van der Waals surface area contributed by atoms with E-state index in [1.54, 1.807) is 7.05 Å². The molecule has 0 radical (unpaired) electrons. The van der Waals surface area contributed by atoms with E-state index in [0.717, 1.165) is 13.0 Å². The molecule has 1 saturated carbocycles. The summed E-state index contributed by atoms with van der Waals surface area (Å²) >= 11 is 0. The van der Waals surface area contributed by atoms with Crippen molar-refractivity contribution in [3.63, 3.8) is 0 Å². The first kappa shape index (κ1) is 15.6. The number of hydrogen-bond acceptors (Lipinski definition) is 3. The number of piperazine rings is 1. The highest BCUT2D eigenvalue weighted by molar-refractivity contribution is 5.81. The number of nitrogens with zero attached hydrogens (tertiary/aromatic N) is 1. The molecule has 20 heavy (non-hydrogen) atoms. The van der Waals surface area contributed by atoms with Gasteiger partial charge in [-0.1, -0.05) is 6.42 Å². The summed E-state index contributed by atoms with van der Waals surface area (Å²) < 4.78 is 38.7. The van der Waals surface area contributed by atoms with E-state index in [4.69, 9.17) is 0 Å². The molecular weight excluding hydrogens is 271 g/mol. The highest BCUT2D eigenvalue weighted by Gasteiger charge is 2.44. The minimum Gasteiger partial charge on any atom is -0.358 e. The number of halogens is 3. The molecular formula is C13H22F3N3O. The Morgan fingerprint density at radius 2 is 2.10 bits per heavy atom. The van der Waals surface area contributed by atoms with Crippen molar-refractivity contribution in [1.29, 1.82) is 0 Å². The van der Waals surface area contributed by atoms with E-state index < -0.39 is 12.1 Å². The van der Waals surface area contributed by atoms with E-state index in [9.17, 15) is 18.0 Å². The van der Waals surface area contributed by atoms with Crippen LogP contribution in [-0.4, -0.2) is 55.7 Å². The van der Waals surface area contributed by atoms with E-state index >= 15 is 0 Å². The zero-order chi connectivity index (χ0) is 14.8. The van der Waals surface area contributed by atoms with Gasteiger partial charge in [0.05, 0.1) is 5.92 Å². The molecule has 3 unspecified atom stereocenters. The number of nitrogens with one attached hydrogen (secondary N) is 2. The zero-order valence-electron chi connectivity index (χ0n) is 11.7. The summed E-state index contributed by atoms with van der Waals surface area (Å²) in [5.74, 6) is -1.34. The molecule has 1 amide bonds. The number of carbonyl (C=O) groups excluding carboxylic acids is 1. The smallest absolute Gasteiger partial charge is 0.358 e. The number of carbonyl (C=O) groups is 1. The van der Waals surface area contributed by atoms with Gasteiger partial charge in [0, 0.05) is 32.7 Å². The molecule has 3 atom stereocenters. The van der Waals surface area contributed by atoms with Gasteiger partial charge in [0.15, 0.2) is 0 Å². The molecule has 7 heteroatoms. The molecule has 0 spiro atoms. The third-order valence-corrected chi connectivity index (χ3v) is 4.41. The monoisotopic (exact) mass is 293 g/mol. The molecule has 2 rings (SSSR count). The van der Waals surface area contributed by atoms with Crippen LogP contribution >= 0.6 is 0 Å². The van der Waals surface area contributed by atoms with Crippen LogP contribution in [0.5, 0.6) is 0 Å². The second kappa shape index (κ2) is 6.30. The Bertz CT molecular complexity index is 348. The topological polar surface area (TPSA) is 44.4 Å². The fraction of sp³-hybridized carbons (Fsp3) is 0.923. The summed E-state index contributed by atoms with van der Waals surface area (Å²) in [6, 6.07) is -0.495. The van der Waals surface area contributed by atoms with Crippen molar-refractivity contribution in [3.05, 3.63) is 0 Å². The summed E-state index contributed by atoms with van der Waals surface area (Å²) in [7, 11) is 1.56. The van der Waals surface area contributed by atoms with Crippen LogP contribution in [0.4, 0.5) is 13.2 Å². The molecule has 1 aliphatic heterocycles. The van der Waals surface area contributed by atoms with Gasteiger partial charge in [-0.3, -0.25) is 9.69 Å². The quantitative estimate of drug-likeness (QED) is 0.802. The van der Waals surface area contributed by atoms with Crippen LogP contribution in [0.2, 0.25) is 0 Å². The van der Waals surface area contributed by atoms with E-state index in [1.807, 2.05) is 4.90 Å². The number of likely N-dealkylation sites (N-methyl/N-ethyl adjacent to an activating group) is 1. The first-order valence-electron chi connectivity index (χ1n) is 7.18. The number of hydrogen-bond donors (Lipinski definition) is 2. The van der Waals surface area contributed by atoms with Crippen LogP contribution in [-0.2, 0) is 4.79 Å². The number of alkyl halides is 3. The molecule has 0 aromatic carbocycles. The molecule has 0 aromatic heterocycles. The number of amides is 1. The second-order valence-electron chi connectivity index (χ2n) is 5.63. The van der Waals surface area contributed by atoms with Gasteiger partial charge in [-0.25, -0.2) is 0 Å². The molecule has 0 bridgehead atoms. The Hall–Kier alpha value is -0.820. The van der Waals surface area contributed by atoms with Gasteiger partial charge >= 0.3 is 6.18 Å². The van der Waals surface area contributed by atoms with Gasteiger partial charge in [0.2, 0.25) is 5.91 Å². The van der Waals surface area contributed by atoms with Crippen molar-refractivity contribution in [2.45, 2.75) is 43.9 Å². The standard InChI is InChI=1S/C13H22F3N3O/c1-17-12(20)11-8-18-5-6-19(11)10-4-2-3-9(7-10)13(14,15)16/h9-11,18H,2-8H2,1H3,(H,17,20). The molecule has 2 fully saturated rings. The Balaban J connectivity index is 2.06. The van der Waals surface area contributed by atoms with E-state index in [2.05, 4.69) is 10.6 Å². The van der Waals surface area contributed by atoms with Crippen molar-refractivity contribution >= 4 is 5.91 Å². The maximum absolute atomic E-state index is 12.9. The lowest BCUT2D eigenvalue weighted by Crippen LogP contribution is -2.61. The predicted molar refractivity (Wildman–Crippen MR) is 69.2 cm³/mol. The molecule has 0 aromatic rings. The van der Waals surface area contributed by atoms with E-state index in [0.29, 0.717) is 19.5 Å². The first-order valence-corrected chi connectivity index (χ1v) is 7.18. The second-order valence-corrected chi connectivity index (χ2v) is 5.63. The SMILES string of the molecule is CNC(=O)C1CNCCN1C1CCCC(C(F)(F)F)C1. The molecule has 2 N–H and O–H groups in total. The fourth-order valence-electron chi connectivity index (χ4n) is 3.33. The summed E-state index contributed by atoms with van der Waals surface area (Å²) in [6.07, 6.45) is -2.44. The van der Waals surface area contributed by atoms with Gasteiger partial charge in [-0.2, -0.15) is 13.2 Å². The van der Waals surface area contributed by atoms with Crippen LogP contribution in [0, 0.1) is 5.92 Å². The van der Waals surface area contributed by atoms with Crippen LogP contribution in [0.3, 0.4) is 0 Å². The highest BCUT2D eigenvalue weighted by Crippen LogP contribution is 2.39. The van der Waals surface area contributed by atoms with Crippen LogP contribution in [0.15, 0.2) is 0 Å². The van der Waals surface area contributed by atoms with Crippen molar-refractivity contribution in [2.24, 2.45) is 5.92 Å². The third-order valence-electron chi connectivity index (χ3n) is 4.41. The Labute approximate surface area is 117 Å². The average molecular weight is 293 g/mol. The molecule has 2 aliphatic rings. The van der Waals surface area contributed by atoms with Gasteiger partial charge < -0.3 is 10.6 Å². The Morgan fingerprint density at radius 1 is 1.35 bits per heavy atom. The van der Waals surface area contributed by atoms with Crippen molar-refractivity contribution in [3.8, 4) is 0 Å². The minimum absolute atomic E-state index is 0.119. The predicted octanol–water partition coefficient (Wildman–Crippen LogP) is 1.13. The van der Waals surface area contributed by atoms with Crippen molar-refractivity contribution < 1.29 is 18.0 Å². The summed E-state index contributed by atoms with van der Waals surface area (Å²) in [4.78, 5) is 13.8. The number of rotatable bonds is 2. The average Bonchev–Trinajstić information content (AvgIpc) is 2.45. The molecule has 1 aliphatic carbocycles. The van der Waals surface area contributed by atoms with Crippen molar-refractivity contribution in [1.82, 2.24) is 15.5 Å². The van der Waals surface area contributed by atoms with E-state index in [1.165, 1.54) is 0 Å². The lowest BCUT2D eigenvalue weighted by atomic mass is 9.83. The lowest BCUT2D eigenvalue weighted by molar-refractivity contribution is -0.187. The lowest BCUT2D eigenvalue weighted by Gasteiger charge is -2.43. The minimum atomic E-state index is -4.12. The fourth-order valence-corrected chi connectivity index (χ4v) is 3.33. The maximum Gasteiger partial charge on any atom is 0.391 e. The summed E-state index contributed by atoms with van der Waals surface area (Å²) in [5, 5.41) is 5.74. The molecule has 116 valence electrons. The summed E-state index contributed by atoms with van der Waals surface area (Å²) in [5.41, 5.74) is 0. The van der Waals surface area contributed by atoms with Crippen LogP contribution < -0.4 is 10.6 Å². The van der Waals surface area contributed by atoms with Gasteiger partial charge in [-0.15, -0.1) is 0 Å².